The molecule has 4 rings (SSSR count). The van der Waals surface area contributed by atoms with Crippen LogP contribution in [0.3, 0.4) is 0 Å². The average Bonchev–Trinajstić information content (AvgIpc) is 3.31. The number of carboxylic acid groups (broad SMARTS) is 4. The molecule has 2 aromatic carbocycles. The molecule has 0 aromatic heterocycles. The fourth-order valence-corrected chi connectivity index (χ4v) is 6.82. The number of fused-ring (bicyclic) bond motifs is 2. The summed E-state index contributed by atoms with van der Waals surface area (Å²) in [7, 11) is 0. The molecule has 0 spiro atoms. The van der Waals surface area contributed by atoms with Crippen molar-refractivity contribution in [3.05, 3.63) is 95.6 Å². The summed E-state index contributed by atoms with van der Waals surface area (Å²) in [6.45, 7) is 8.97. The summed E-state index contributed by atoms with van der Waals surface area (Å²) >= 11 is 1.95. The van der Waals surface area contributed by atoms with Crippen LogP contribution < -0.4 is 0 Å². The molecule has 2 aliphatic heterocycles. The fraction of sp³-hybridized carbons (Fsp3) is 0.439. The van der Waals surface area contributed by atoms with Crippen LogP contribution in [0.2, 0.25) is 0 Å². The van der Waals surface area contributed by atoms with Gasteiger partial charge in [-0.1, -0.05) is 94.0 Å². The lowest BCUT2D eigenvalue weighted by Crippen LogP contribution is -2.47. The van der Waals surface area contributed by atoms with Crippen LogP contribution in [0, 0.1) is 0 Å². The first kappa shape index (κ1) is 45.4. The summed E-state index contributed by atoms with van der Waals surface area (Å²) in [5, 5.41) is 31.2. The molecule has 1 fully saturated rings. The van der Waals surface area contributed by atoms with E-state index in [9.17, 15) is 24.0 Å². The number of carbonyl (C=O) groups is 5. The second kappa shape index (κ2) is 27.0. The quantitative estimate of drug-likeness (QED) is 0.0704. The van der Waals surface area contributed by atoms with Gasteiger partial charge in [0.2, 0.25) is 0 Å². The largest absolute Gasteiger partial charge is 0.478 e. The molecule has 0 bridgehead atoms. The molecule has 0 aliphatic carbocycles. The number of hydrogen-bond acceptors (Lipinski definition) is 9. The molecular weight excluding hydrogens is 713 g/mol. The van der Waals surface area contributed by atoms with Gasteiger partial charge in [0, 0.05) is 80.6 Å². The second-order valence-corrected chi connectivity index (χ2v) is 13.7. The maximum absolute atomic E-state index is 12.0. The minimum absolute atomic E-state index is 0.0229. The first-order valence-electron chi connectivity index (χ1n) is 18.4. The number of aliphatic carboxylic acids is 4. The van der Waals surface area contributed by atoms with E-state index in [1.54, 1.807) is 0 Å². The molecule has 54 heavy (non-hydrogen) atoms. The zero-order valence-corrected chi connectivity index (χ0v) is 31.9. The number of carbonyl (C=O) groups excluding carboxylic acids is 1. The van der Waals surface area contributed by atoms with E-state index >= 15 is 0 Å². The molecule has 2 aliphatic rings. The molecule has 2 aromatic rings. The van der Waals surface area contributed by atoms with Crippen LogP contribution in [0.4, 0.5) is 0 Å². The minimum Gasteiger partial charge on any atom is -0.478 e. The second-order valence-electron chi connectivity index (χ2n) is 12.6. The van der Waals surface area contributed by atoms with Gasteiger partial charge in [-0.2, -0.15) is 0 Å². The van der Waals surface area contributed by atoms with E-state index in [-0.39, 0.29) is 5.97 Å². The Kier molecular flexibility index (Phi) is 22.7. The summed E-state index contributed by atoms with van der Waals surface area (Å²) in [5.74, 6) is -4.02. The lowest BCUT2D eigenvalue weighted by molar-refractivity contribution is -0.144. The van der Waals surface area contributed by atoms with Crippen molar-refractivity contribution in [1.29, 1.82) is 0 Å². The minimum atomic E-state index is -1.26. The van der Waals surface area contributed by atoms with Gasteiger partial charge in [0.25, 0.3) is 0 Å². The molecule has 0 amide bonds. The third-order valence-corrected chi connectivity index (χ3v) is 9.64. The molecule has 12 nitrogen and oxygen atoms in total. The number of benzene rings is 2. The van der Waals surface area contributed by atoms with E-state index in [1.807, 2.05) is 11.8 Å². The van der Waals surface area contributed by atoms with Crippen LogP contribution in [0.5, 0.6) is 0 Å². The van der Waals surface area contributed by atoms with Crippen LogP contribution in [0.1, 0.15) is 81.4 Å². The average molecular weight is 767 g/mol. The molecule has 4 N–H and O–H groups in total. The van der Waals surface area contributed by atoms with Gasteiger partial charge >= 0.3 is 29.8 Å². The predicted molar refractivity (Wildman–Crippen MR) is 209 cm³/mol. The van der Waals surface area contributed by atoms with Gasteiger partial charge in [-0.25, -0.2) is 19.2 Å². The molecule has 0 saturated carbocycles. The number of ether oxygens (including phenoxy) is 1. The highest BCUT2D eigenvalue weighted by molar-refractivity contribution is 7.98. The fourth-order valence-electron chi connectivity index (χ4n) is 5.74. The smallest absolute Gasteiger partial charge is 0.328 e. The van der Waals surface area contributed by atoms with Gasteiger partial charge in [-0.15, -0.1) is 11.8 Å². The van der Waals surface area contributed by atoms with Gasteiger partial charge in [0.05, 0.1) is 0 Å². The van der Waals surface area contributed by atoms with Gasteiger partial charge in [0.1, 0.15) is 6.61 Å². The van der Waals surface area contributed by atoms with Crippen LogP contribution in [0.25, 0.3) is 5.57 Å². The summed E-state index contributed by atoms with van der Waals surface area (Å²) in [5.41, 5.74) is 5.57. The number of carboxylic acids is 4. The Hall–Kier alpha value is -4.72. The van der Waals surface area contributed by atoms with Gasteiger partial charge < -0.3 is 30.1 Å². The number of esters is 1. The van der Waals surface area contributed by atoms with Crippen molar-refractivity contribution in [2.24, 2.45) is 0 Å². The molecule has 0 atom stereocenters. The Bertz CT molecular complexity index is 1470. The van der Waals surface area contributed by atoms with Crippen molar-refractivity contribution in [3.8, 4) is 0 Å². The topological polar surface area (TPSA) is 182 Å². The molecule has 0 unspecified atom stereocenters. The lowest BCUT2D eigenvalue weighted by atomic mass is 9.93. The van der Waals surface area contributed by atoms with E-state index in [0.29, 0.717) is 37.3 Å². The molecule has 1 saturated heterocycles. The summed E-state index contributed by atoms with van der Waals surface area (Å²) in [6.07, 6.45) is 14.9. The summed E-state index contributed by atoms with van der Waals surface area (Å²) < 4.78 is 5.51. The van der Waals surface area contributed by atoms with Crippen molar-refractivity contribution in [2.45, 2.75) is 75.4 Å². The van der Waals surface area contributed by atoms with E-state index in [1.165, 1.54) is 59.3 Å². The van der Waals surface area contributed by atoms with Crippen molar-refractivity contribution < 1.29 is 49.1 Å². The predicted octanol–water partition coefficient (Wildman–Crippen LogP) is 6.84. The Balaban J connectivity index is 0.000000526. The third-order valence-electron chi connectivity index (χ3n) is 8.52. The monoisotopic (exact) mass is 766 g/mol. The zero-order valence-electron chi connectivity index (χ0n) is 31.1. The molecule has 294 valence electrons. The van der Waals surface area contributed by atoms with Gasteiger partial charge in [-0.05, 0) is 41.2 Å². The van der Waals surface area contributed by atoms with Gasteiger partial charge in [0.15, 0.2) is 0 Å². The highest BCUT2D eigenvalue weighted by Crippen LogP contribution is 2.40. The third kappa shape index (κ3) is 19.9. The van der Waals surface area contributed by atoms with Crippen LogP contribution in [0.15, 0.2) is 83.8 Å². The Morgan fingerprint density at radius 3 is 1.74 bits per heavy atom. The number of hydrogen-bond donors (Lipinski definition) is 4. The van der Waals surface area contributed by atoms with Crippen LogP contribution >= 0.6 is 11.8 Å². The number of nitrogens with zero attached hydrogens (tertiary/aromatic N) is 2. The maximum Gasteiger partial charge on any atom is 0.328 e. The van der Waals surface area contributed by atoms with Gasteiger partial charge in [-0.3, -0.25) is 9.69 Å². The molecule has 0 radical (unpaired) electrons. The summed E-state index contributed by atoms with van der Waals surface area (Å²) in [6, 6.07) is 17.7. The summed E-state index contributed by atoms with van der Waals surface area (Å²) in [4.78, 5) is 56.6. The highest BCUT2D eigenvalue weighted by Gasteiger charge is 2.19. The standard InChI is InChI=1S/C33H46N2O2S.2C4H4O4/c1-2-3-4-5-6-7-8-19-33(36)37-26-25-35-23-21-34(22-24-35)20-13-17-30-29-15-10-9-14-28(29)27-38-32-18-12-11-16-31(30)32;2*5-3(6)1-2-4(7)8/h9-12,14-18H,2-8,13,19-27H2,1H3;2*1-2H,(H,5,6)(H,7,8)/b30-17-;2*2-1-. The molecular formula is C41H54N2O10S. The van der Waals surface area contributed by atoms with Crippen molar-refractivity contribution >= 4 is 47.2 Å². The van der Waals surface area contributed by atoms with Crippen molar-refractivity contribution in [2.75, 3.05) is 45.9 Å². The van der Waals surface area contributed by atoms with Crippen LogP contribution in [-0.4, -0.2) is 106 Å². The Morgan fingerprint density at radius 2 is 1.17 bits per heavy atom. The SMILES string of the molecule is CCCCCCCCCC(=O)OCCN1CCN(CC/C=C2/c3ccccc3CSc3ccccc32)CC1.O=C(O)/C=C\C(=O)O.O=C(O)/C=C\C(=O)O. The molecule has 13 heteroatoms. The van der Waals surface area contributed by atoms with E-state index < -0.39 is 23.9 Å². The number of unbranched alkanes of at least 4 members (excludes halogenated alkanes) is 6. The zero-order chi connectivity index (χ0) is 39.6. The maximum atomic E-state index is 12.0. The Labute approximate surface area is 322 Å². The van der Waals surface area contributed by atoms with E-state index in [0.717, 1.165) is 64.3 Å². The first-order valence-corrected chi connectivity index (χ1v) is 19.4. The van der Waals surface area contributed by atoms with Crippen LogP contribution in [-0.2, 0) is 34.5 Å². The van der Waals surface area contributed by atoms with E-state index in [4.69, 9.17) is 25.2 Å². The number of rotatable bonds is 18. The van der Waals surface area contributed by atoms with Crippen molar-refractivity contribution in [3.63, 3.8) is 0 Å². The van der Waals surface area contributed by atoms with E-state index in [2.05, 4.69) is 71.3 Å². The first-order chi connectivity index (χ1) is 26.0. The molecule has 2 heterocycles. The number of thioether (sulfide) groups is 1. The van der Waals surface area contributed by atoms with Crippen molar-refractivity contribution in [1.82, 2.24) is 9.80 Å². The lowest BCUT2D eigenvalue weighted by Gasteiger charge is -2.34. The highest BCUT2D eigenvalue weighted by atomic mass is 32.2. The number of piperazine rings is 1. The Morgan fingerprint density at radius 1 is 0.667 bits per heavy atom. The normalized spacial score (nSPS) is 14.9.